The van der Waals surface area contributed by atoms with Crippen LogP contribution in [0.2, 0.25) is 0 Å². The van der Waals surface area contributed by atoms with Gasteiger partial charge >= 0.3 is 23.9 Å². The zero-order valence-electron chi connectivity index (χ0n) is 60.7. The molecule has 7 aliphatic rings. The van der Waals surface area contributed by atoms with Crippen molar-refractivity contribution in [2.45, 2.75) is 207 Å². The average molecular weight is 1410 g/mol. The molecule has 0 unspecified atom stereocenters. The van der Waals surface area contributed by atoms with Crippen LogP contribution >= 0.6 is 0 Å². The maximum absolute atomic E-state index is 13.3. The number of aliphatic carboxylic acids is 2. The van der Waals surface area contributed by atoms with Crippen molar-refractivity contribution >= 4 is 64.6 Å². The number of hydrogen-bond donors (Lipinski definition) is 4. The maximum Gasteiger partial charge on any atom is 0.307 e. The van der Waals surface area contributed by atoms with E-state index in [2.05, 4.69) is 14.7 Å². The van der Waals surface area contributed by atoms with Crippen LogP contribution in [0.15, 0.2) is 72.8 Å². The highest BCUT2D eigenvalue weighted by Gasteiger charge is 2.37. The summed E-state index contributed by atoms with van der Waals surface area (Å²) >= 11 is 0. The summed E-state index contributed by atoms with van der Waals surface area (Å²) in [5, 5.41) is 27.2. The first-order valence-electron chi connectivity index (χ1n) is 37.3. The second-order valence-corrected chi connectivity index (χ2v) is 31.0. The SMILES string of the molecule is CC(C)(C)OC(=O)C[C@@H](CC1CCCC1)C(=O)N1CCN(c2ccc(F)cc2)CC1.CC(C)(C)OC(=O)C[C@@H](CC1CCCC1)C(=O)O.O=C(C[C@@H](CC1CCCC1)C(=O)N1CCN(c2ccc(F)cc2)CC1)NO.O=C(O)C[C@@H](CC1CCCC1)C(=O)N1CCN(c2ccc(F)cc2)CC1. The Morgan fingerprint density at radius 3 is 0.891 bits per heavy atom. The van der Waals surface area contributed by atoms with Crippen LogP contribution in [0.3, 0.4) is 0 Å². The fourth-order valence-electron chi connectivity index (χ4n) is 15.6. The van der Waals surface area contributed by atoms with Gasteiger partial charge in [0.05, 0.1) is 25.2 Å². The van der Waals surface area contributed by atoms with Gasteiger partial charge in [-0.2, -0.15) is 0 Å². The van der Waals surface area contributed by atoms with Gasteiger partial charge in [-0.15, -0.1) is 0 Å². The van der Waals surface area contributed by atoms with E-state index in [9.17, 15) is 61.7 Å². The van der Waals surface area contributed by atoms with Gasteiger partial charge in [-0.3, -0.25) is 43.6 Å². The van der Waals surface area contributed by atoms with Gasteiger partial charge in [-0.1, -0.05) is 103 Å². The van der Waals surface area contributed by atoms with Gasteiger partial charge in [0.15, 0.2) is 0 Å². The van der Waals surface area contributed by atoms with Crippen molar-refractivity contribution in [3.05, 3.63) is 90.2 Å². The maximum atomic E-state index is 13.3. The molecule has 4 amide bonds. The molecule has 101 heavy (non-hydrogen) atoms. The molecule has 0 aromatic heterocycles. The van der Waals surface area contributed by atoms with Crippen molar-refractivity contribution in [2.24, 2.45) is 47.3 Å². The number of halogens is 3. The number of hydrogen-bond acceptors (Lipinski definition) is 14. The molecule has 3 saturated heterocycles. The number of nitrogens with zero attached hydrogens (tertiary/aromatic N) is 6. The Labute approximate surface area is 596 Å². The third-order valence-electron chi connectivity index (χ3n) is 20.8. The summed E-state index contributed by atoms with van der Waals surface area (Å²) in [4.78, 5) is 109. The first-order chi connectivity index (χ1) is 48.1. The second-order valence-electron chi connectivity index (χ2n) is 31.0. The molecule has 10 rings (SSSR count). The predicted octanol–water partition coefficient (Wildman–Crippen LogP) is 13.1. The van der Waals surface area contributed by atoms with Gasteiger partial charge in [0.1, 0.15) is 28.7 Å². The molecule has 560 valence electrons. The molecule has 3 heterocycles. The monoisotopic (exact) mass is 1410 g/mol. The van der Waals surface area contributed by atoms with Gasteiger partial charge in [-0.05, 0) is 164 Å². The highest BCUT2D eigenvalue weighted by Crippen LogP contribution is 2.37. The van der Waals surface area contributed by atoms with Crippen molar-refractivity contribution in [1.82, 2.24) is 20.2 Å². The summed E-state index contributed by atoms with van der Waals surface area (Å²) in [6.45, 7) is 18.6. The Morgan fingerprint density at radius 2 is 0.644 bits per heavy atom. The highest BCUT2D eigenvalue weighted by molar-refractivity contribution is 5.86. The standard InChI is InChI=1S/C24H35FN2O3.C20H28FN3O3.C20H27FN2O3.C14H24O4/c1-24(2,3)30-22(28)17-19(16-18-6-4-5-7-18)23(29)27-14-12-26(13-15-27)21-10-8-20(25)9-11-21;21-17-5-7-18(8-6-17)23-9-11-24(12-10-23)20(26)16(14-19(25)22-27)13-15-3-1-2-4-15;21-17-5-7-18(8-6-17)22-9-11-23(12-10-22)20(26)16(14-19(24)25)13-15-3-1-2-4-15;1-14(2,3)18-12(15)9-11(13(16)17)8-10-6-4-5-7-10/h8-11,18-19H,4-7,12-17H2,1-3H3;5-8,15-16,27H,1-4,9-14H2,(H,22,25);5-8,15-16H,1-4,9-14H2,(H,24,25);10-11H,4-9H2,1-3H3,(H,16,17)/t19-;2*16-;11-/m1111/s1. The zero-order valence-corrected chi connectivity index (χ0v) is 60.7. The molecule has 4 aliphatic carbocycles. The fraction of sp³-hybridized carbons (Fsp3) is 0.667. The van der Waals surface area contributed by atoms with Crippen molar-refractivity contribution in [3.63, 3.8) is 0 Å². The van der Waals surface area contributed by atoms with Crippen LogP contribution in [-0.4, -0.2) is 167 Å². The number of rotatable bonds is 23. The molecule has 4 saturated carbocycles. The number of piperazine rings is 3. The smallest absolute Gasteiger partial charge is 0.307 e. The molecule has 0 bridgehead atoms. The Morgan fingerprint density at radius 1 is 0.396 bits per heavy atom. The lowest BCUT2D eigenvalue weighted by atomic mass is 9.89. The summed E-state index contributed by atoms with van der Waals surface area (Å²) in [6, 6.07) is 19.3. The Hall–Kier alpha value is -7.43. The van der Waals surface area contributed by atoms with Crippen molar-refractivity contribution in [2.75, 3.05) is 93.2 Å². The van der Waals surface area contributed by atoms with Crippen LogP contribution in [0.25, 0.3) is 0 Å². The number of hydroxylamine groups is 1. The largest absolute Gasteiger partial charge is 0.481 e. The summed E-state index contributed by atoms with van der Waals surface area (Å²) in [5.74, 6) is -3.39. The Balaban J connectivity index is 0.000000192. The normalized spacial score (nSPS) is 19.1. The van der Waals surface area contributed by atoms with Gasteiger partial charge in [0.25, 0.3) is 0 Å². The summed E-state index contributed by atoms with van der Waals surface area (Å²) in [7, 11) is 0. The lowest BCUT2D eigenvalue weighted by Gasteiger charge is -2.38. The Kier molecular flexibility index (Phi) is 31.9. The number of nitrogens with one attached hydrogen (secondary N) is 1. The van der Waals surface area contributed by atoms with Gasteiger partial charge in [0.2, 0.25) is 23.6 Å². The molecule has 20 nitrogen and oxygen atoms in total. The molecular weight excluding hydrogens is 1300 g/mol. The number of carbonyl (C=O) groups excluding carboxylic acids is 6. The zero-order chi connectivity index (χ0) is 73.2. The van der Waals surface area contributed by atoms with E-state index in [1.54, 1.807) is 62.6 Å². The van der Waals surface area contributed by atoms with Crippen LogP contribution in [0, 0.1) is 64.8 Å². The van der Waals surface area contributed by atoms with E-state index in [1.807, 2.05) is 35.5 Å². The van der Waals surface area contributed by atoms with E-state index in [0.29, 0.717) is 121 Å². The van der Waals surface area contributed by atoms with Gasteiger partial charge < -0.3 is 49.1 Å². The number of benzene rings is 3. The number of esters is 2. The van der Waals surface area contributed by atoms with Crippen molar-refractivity contribution < 1.29 is 76.4 Å². The van der Waals surface area contributed by atoms with Gasteiger partial charge in [0, 0.05) is 120 Å². The third-order valence-corrected chi connectivity index (χ3v) is 20.8. The van der Waals surface area contributed by atoms with E-state index in [0.717, 1.165) is 74.8 Å². The van der Waals surface area contributed by atoms with E-state index in [4.69, 9.17) is 14.7 Å². The number of anilines is 3. The van der Waals surface area contributed by atoms with Crippen LogP contribution in [0.1, 0.15) is 196 Å². The molecule has 3 aromatic rings. The minimum atomic E-state index is -0.897. The molecule has 23 heteroatoms. The van der Waals surface area contributed by atoms with Gasteiger partial charge in [-0.25, -0.2) is 18.7 Å². The van der Waals surface area contributed by atoms with E-state index < -0.39 is 46.9 Å². The first-order valence-corrected chi connectivity index (χ1v) is 37.3. The fourth-order valence-corrected chi connectivity index (χ4v) is 15.6. The third kappa shape index (κ3) is 28.0. The predicted molar refractivity (Wildman–Crippen MR) is 381 cm³/mol. The lowest BCUT2D eigenvalue weighted by Crippen LogP contribution is -2.51. The molecular formula is C78H114F3N7O13. The number of ether oxygens (including phenoxy) is 2. The molecule has 0 spiro atoms. The van der Waals surface area contributed by atoms with Crippen LogP contribution < -0.4 is 20.2 Å². The molecule has 0 radical (unpaired) electrons. The number of carboxylic acids is 2. The molecule has 3 aliphatic heterocycles. The van der Waals surface area contributed by atoms with Crippen LogP contribution in [0.5, 0.6) is 0 Å². The minimum absolute atomic E-state index is 0.00394. The Bertz CT molecular complexity index is 3080. The molecule has 7 fully saturated rings. The summed E-state index contributed by atoms with van der Waals surface area (Å²) < 4.78 is 50.0. The van der Waals surface area contributed by atoms with Crippen LogP contribution in [-0.2, 0) is 47.8 Å². The highest BCUT2D eigenvalue weighted by atomic mass is 19.1. The van der Waals surface area contributed by atoms with Crippen molar-refractivity contribution in [1.29, 1.82) is 0 Å². The summed E-state index contributed by atoms with van der Waals surface area (Å²) in [6.07, 6.45) is 21.4. The average Bonchev–Trinajstić information content (AvgIpc) is 1.75. The van der Waals surface area contributed by atoms with E-state index >= 15 is 0 Å². The molecule has 4 atom stereocenters. The quantitative estimate of drug-likeness (QED) is 0.0391. The lowest BCUT2D eigenvalue weighted by molar-refractivity contribution is -0.160. The van der Waals surface area contributed by atoms with E-state index in [-0.39, 0.29) is 78.7 Å². The first kappa shape index (κ1) is 80.9. The number of carbonyl (C=O) groups is 8. The number of carboxylic acid groups (broad SMARTS) is 2. The van der Waals surface area contributed by atoms with E-state index in [1.165, 1.54) is 87.8 Å². The van der Waals surface area contributed by atoms with Crippen LogP contribution in [0.4, 0.5) is 30.2 Å². The minimum Gasteiger partial charge on any atom is -0.481 e. The topological polar surface area (TPSA) is 247 Å². The van der Waals surface area contributed by atoms with Crippen molar-refractivity contribution in [3.8, 4) is 0 Å². The number of amides is 4. The second kappa shape index (κ2) is 39.8. The summed E-state index contributed by atoms with van der Waals surface area (Å²) in [5.41, 5.74) is 3.44. The molecule has 3 aromatic carbocycles. The molecule has 4 N–H and O–H groups in total.